The molecule has 0 unspecified atom stereocenters. The maximum absolute atomic E-state index is 10.8. The first-order valence-corrected chi connectivity index (χ1v) is 7.29. The summed E-state index contributed by atoms with van der Waals surface area (Å²) in [5.41, 5.74) is 0. The van der Waals surface area contributed by atoms with Crippen LogP contribution in [0.3, 0.4) is 0 Å². The zero-order valence-corrected chi connectivity index (χ0v) is 11.9. The molecule has 2 nitrogen and oxygen atoms in total. The van der Waals surface area contributed by atoms with E-state index < -0.39 is 9.05 Å². The molecule has 0 rings (SSSR count). The summed E-state index contributed by atoms with van der Waals surface area (Å²) in [6.07, 6.45) is 5.55. The molecular weight excluding hydrogens is 300 g/mol. The molecule has 0 bridgehead atoms. The lowest BCUT2D eigenvalue weighted by Gasteiger charge is -1.92. The van der Waals surface area contributed by atoms with Gasteiger partial charge in [-0.25, -0.2) is 8.42 Å². The van der Waals surface area contributed by atoms with E-state index in [1.807, 2.05) is 13.8 Å². The van der Waals surface area contributed by atoms with Crippen molar-refractivity contribution >= 4 is 35.7 Å². The summed E-state index contributed by atoms with van der Waals surface area (Å²) in [4.78, 5) is -0.0482. The SMILES string of the molecule is C=C/C(Br)=C\C=C(/C=C)S(=O)(=O)Cl.CC. The lowest BCUT2D eigenvalue weighted by molar-refractivity contribution is 0.615. The lowest BCUT2D eigenvalue weighted by Crippen LogP contribution is -1.90. The van der Waals surface area contributed by atoms with Crippen molar-refractivity contribution in [1.82, 2.24) is 0 Å². The monoisotopic (exact) mass is 312 g/mol. The van der Waals surface area contributed by atoms with Crippen LogP contribution in [-0.4, -0.2) is 8.42 Å². The van der Waals surface area contributed by atoms with E-state index in [0.29, 0.717) is 4.48 Å². The van der Waals surface area contributed by atoms with Crippen molar-refractivity contribution in [3.05, 3.63) is 46.8 Å². The van der Waals surface area contributed by atoms with Gasteiger partial charge in [0.25, 0.3) is 9.05 Å². The molecule has 0 aliphatic rings. The van der Waals surface area contributed by atoms with Crippen LogP contribution in [-0.2, 0) is 9.05 Å². The maximum Gasteiger partial charge on any atom is 0.261 e. The van der Waals surface area contributed by atoms with Gasteiger partial charge in [-0.1, -0.05) is 49.0 Å². The Morgan fingerprint density at radius 3 is 1.93 bits per heavy atom. The highest BCUT2D eigenvalue weighted by Gasteiger charge is 2.08. The number of hydrogen-bond acceptors (Lipinski definition) is 2. The van der Waals surface area contributed by atoms with Crippen molar-refractivity contribution in [2.75, 3.05) is 0 Å². The van der Waals surface area contributed by atoms with Crippen molar-refractivity contribution in [2.24, 2.45) is 0 Å². The predicted octanol–water partition coefficient (Wildman–Crippen LogP) is 4.12. The van der Waals surface area contributed by atoms with Gasteiger partial charge in [-0.15, -0.1) is 0 Å². The molecule has 5 heteroatoms. The van der Waals surface area contributed by atoms with E-state index in [9.17, 15) is 8.42 Å². The van der Waals surface area contributed by atoms with Crippen LogP contribution in [0.15, 0.2) is 46.8 Å². The zero-order chi connectivity index (χ0) is 12.5. The Morgan fingerprint density at radius 1 is 1.20 bits per heavy atom. The van der Waals surface area contributed by atoms with E-state index in [4.69, 9.17) is 10.7 Å². The van der Waals surface area contributed by atoms with Gasteiger partial charge >= 0.3 is 0 Å². The average molecular weight is 314 g/mol. The van der Waals surface area contributed by atoms with Crippen molar-refractivity contribution < 1.29 is 8.42 Å². The fourth-order valence-corrected chi connectivity index (χ4v) is 1.38. The first-order chi connectivity index (χ1) is 6.91. The van der Waals surface area contributed by atoms with E-state index >= 15 is 0 Å². The molecule has 0 aromatic carbocycles. The minimum Gasteiger partial charge on any atom is -0.207 e. The van der Waals surface area contributed by atoms with Gasteiger partial charge in [-0.3, -0.25) is 0 Å². The number of allylic oxidation sites excluding steroid dienone is 5. The van der Waals surface area contributed by atoms with E-state index in [2.05, 4.69) is 29.1 Å². The first kappa shape index (κ1) is 17.1. The van der Waals surface area contributed by atoms with Crippen LogP contribution in [0.4, 0.5) is 0 Å². The Balaban J connectivity index is 0. The highest BCUT2D eigenvalue weighted by molar-refractivity contribution is 9.11. The maximum atomic E-state index is 10.8. The molecule has 0 amide bonds. The molecule has 0 heterocycles. The summed E-state index contributed by atoms with van der Waals surface area (Å²) in [6.45, 7) is 10.8. The third-order valence-corrected chi connectivity index (χ3v) is 3.07. The summed E-state index contributed by atoms with van der Waals surface area (Å²) in [7, 11) is 1.38. The van der Waals surface area contributed by atoms with Crippen LogP contribution in [0, 0.1) is 0 Å². The van der Waals surface area contributed by atoms with E-state index in [-0.39, 0.29) is 4.91 Å². The third kappa shape index (κ3) is 8.66. The van der Waals surface area contributed by atoms with Crippen LogP contribution in [0.1, 0.15) is 13.8 Å². The van der Waals surface area contributed by atoms with Crippen LogP contribution in [0.2, 0.25) is 0 Å². The third-order valence-electron chi connectivity index (χ3n) is 1.08. The van der Waals surface area contributed by atoms with Gasteiger partial charge in [-0.2, -0.15) is 0 Å². The summed E-state index contributed by atoms with van der Waals surface area (Å²) < 4.78 is 22.3. The van der Waals surface area contributed by atoms with E-state index in [0.717, 1.165) is 0 Å². The molecule has 0 spiro atoms. The minimum atomic E-state index is -3.70. The van der Waals surface area contributed by atoms with Crippen LogP contribution >= 0.6 is 26.6 Å². The Morgan fingerprint density at radius 2 is 1.67 bits per heavy atom. The Kier molecular flexibility index (Phi) is 10.2. The fourth-order valence-electron chi connectivity index (χ4n) is 0.479. The topological polar surface area (TPSA) is 34.1 Å². The molecule has 0 fully saturated rings. The molecule has 0 atom stereocenters. The normalized spacial score (nSPS) is 12.5. The molecule has 0 aromatic rings. The summed E-state index contributed by atoms with van der Waals surface area (Å²) in [5.74, 6) is 0. The fraction of sp³-hybridized carbons (Fsp3) is 0.200. The van der Waals surface area contributed by atoms with Gasteiger partial charge in [0.05, 0.1) is 4.91 Å². The molecule has 0 aromatic heterocycles. The quantitative estimate of drug-likeness (QED) is 0.578. The second-order valence-electron chi connectivity index (χ2n) is 1.97. The Hall–Kier alpha value is -0.320. The lowest BCUT2D eigenvalue weighted by atomic mass is 10.4. The van der Waals surface area contributed by atoms with Crippen LogP contribution in [0.25, 0.3) is 0 Å². The molecular formula is C10H14BrClO2S. The van der Waals surface area contributed by atoms with Gasteiger partial charge in [0.1, 0.15) is 0 Å². The van der Waals surface area contributed by atoms with Gasteiger partial charge in [-0.05, 0) is 18.2 Å². The summed E-state index contributed by atoms with van der Waals surface area (Å²) in [6, 6.07) is 0. The van der Waals surface area contributed by atoms with Gasteiger partial charge in [0, 0.05) is 15.2 Å². The molecule has 0 saturated carbocycles. The van der Waals surface area contributed by atoms with Crippen LogP contribution < -0.4 is 0 Å². The molecule has 0 aliphatic heterocycles. The van der Waals surface area contributed by atoms with Gasteiger partial charge in [0.15, 0.2) is 0 Å². The Bertz CT molecular complexity index is 367. The van der Waals surface area contributed by atoms with Crippen molar-refractivity contribution in [3.8, 4) is 0 Å². The number of halogens is 2. The van der Waals surface area contributed by atoms with E-state index in [1.165, 1.54) is 24.3 Å². The Labute approximate surface area is 105 Å². The molecule has 0 radical (unpaired) electrons. The molecule has 15 heavy (non-hydrogen) atoms. The standard InChI is InChI=1S/C8H8BrClO2S.C2H6/c1-3-7(9)5-6-8(4-2)13(10,11)12;1-2/h3-6H,1-2H2;1-2H3/b7-5+,8-6+;. The van der Waals surface area contributed by atoms with Crippen molar-refractivity contribution in [2.45, 2.75) is 13.8 Å². The highest BCUT2D eigenvalue weighted by atomic mass is 79.9. The first-order valence-electron chi connectivity index (χ1n) is 4.19. The predicted molar refractivity (Wildman–Crippen MR) is 71.6 cm³/mol. The smallest absolute Gasteiger partial charge is 0.207 e. The minimum absolute atomic E-state index is 0.0482. The van der Waals surface area contributed by atoms with Gasteiger partial charge in [0.2, 0.25) is 0 Å². The van der Waals surface area contributed by atoms with Crippen LogP contribution in [0.5, 0.6) is 0 Å². The van der Waals surface area contributed by atoms with E-state index in [1.54, 1.807) is 0 Å². The zero-order valence-electron chi connectivity index (χ0n) is 8.70. The molecule has 0 N–H and O–H groups in total. The highest BCUT2D eigenvalue weighted by Crippen LogP contribution is 2.14. The average Bonchev–Trinajstić information content (AvgIpc) is 2.19. The molecule has 0 aliphatic carbocycles. The summed E-state index contributed by atoms with van der Waals surface area (Å²) in [5, 5.41) is 0. The van der Waals surface area contributed by atoms with Crippen molar-refractivity contribution in [1.29, 1.82) is 0 Å². The second-order valence-corrected chi connectivity index (χ2v) is 5.45. The van der Waals surface area contributed by atoms with Gasteiger partial charge < -0.3 is 0 Å². The second kappa shape index (κ2) is 8.95. The number of rotatable bonds is 4. The number of hydrogen-bond donors (Lipinski definition) is 0. The summed E-state index contributed by atoms with van der Waals surface area (Å²) >= 11 is 3.13. The molecule has 0 saturated heterocycles. The largest absolute Gasteiger partial charge is 0.261 e. The molecule has 86 valence electrons. The van der Waals surface area contributed by atoms with Crippen molar-refractivity contribution in [3.63, 3.8) is 0 Å².